The molecule has 144 valence electrons. The van der Waals surface area contributed by atoms with Crippen LogP contribution >= 0.6 is 11.8 Å². The highest BCUT2D eigenvalue weighted by molar-refractivity contribution is 8.00. The van der Waals surface area contributed by atoms with Crippen LogP contribution in [0.5, 0.6) is 0 Å². The molecule has 1 unspecified atom stereocenters. The maximum Gasteiger partial charge on any atom is 0.235 e. The van der Waals surface area contributed by atoms with Crippen LogP contribution in [0.25, 0.3) is 5.69 Å². The van der Waals surface area contributed by atoms with E-state index in [4.69, 9.17) is 0 Å². The molecule has 1 aliphatic rings. The summed E-state index contributed by atoms with van der Waals surface area (Å²) < 4.78 is 2.07. The highest BCUT2D eigenvalue weighted by Gasteiger charge is 2.26. The summed E-state index contributed by atoms with van der Waals surface area (Å²) >= 11 is 1.49. The van der Waals surface area contributed by atoms with Crippen LogP contribution in [-0.2, 0) is 11.2 Å². The largest absolute Gasteiger partial charge is 0.342 e. The quantitative estimate of drug-likeness (QED) is 0.596. The Morgan fingerprint density at radius 1 is 1.00 bits per heavy atom. The van der Waals surface area contributed by atoms with Gasteiger partial charge < -0.3 is 4.90 Å². The maximum absolute atomic E-state index is 12.7. The van der Waals surface area contributed by atoms with Crippen molar-refractivity contribution < 1.29 is 4.79 Å². The zero-order valence-corrected chi connectivity index (χ0v) is 16.8. The van der Waals surface area contributed by atoms with Crippen molar-refractivity contribution in [1.82, 2.24) is 19.7 Å². The van der Waals surface area contributed by atoms with Gasteiger partial charge in [-0.25, -0.2) is 0 Å². The van der Waals surface area contributed by atoms with Crippen LogP contribution < -0.4 is 0 Å². The molecular weight excluding hydrogens is 368 g/mol. The van der Waals surface area contributed by atoms with E-state index in [9.17, 15) is 4.79 Å². The minimum Gasteiger partial charge on any atom is -0.342 e. The predicted octanol–water partition coefficient (Wildman–Crippen LogP) is 3.96. The lowest BCUT2D eigenvalue weighted by atomic mass is 10.1. The second-order valence-corrected chi connectivity index (χ2v) is 8.33. The summed E-state index contributed by atoms with van der Waals surface area (Å²) in [5.74, 6) is 1.07. The minimum atomic E-state index is -0.186. The molecule has 1 aliphatic heterocycles. The Kier molecular flexibility index (Phi) is 5.76. The van der Waals surface area contributed by atoms with E-state index in [0.29, 0.717) is 6.42 Å². The first-order valence-corrected chi connectivity index (χ1v) is 10.6. The van der Waals surface area contributed by atoms with Crippen LogP contribution in [0.15, 0.2) is 65.8 Å². The maximum atomic E-state index is 12.7. The number of nitrogens with zero attached hydrogens (tertiary/aromatic N) is 4. The number of amides is 1. The van der Waals surface area contributed by atoms with Gasteiger partial charge in [0.1, 0.15) is 5.82 Å². The Labute approximate surface area is 169 Å². The molecule has 2 aromatic carbocycles. The number of aromatic nitrogens is 3. The number of hydrogen-bond donors (Lipinski definition) is 0. The molecule has 28 heavy (non-hydrogen) atoms. The summed E-state index contributed by atoms with van der Waals surface area (Å²) in [5.41, 5.74) is 2.20. The first-order valence-electron chi connectivity index (χ1n) is 9.71. The third kappa shape index (κ3) is 4.12. The normalized spacial score (nSPS) is 15.0. The van der Waals surface area contributed by atoms with Crippen molar-refractivity contribution in [3.8, 4) is 5.69 Å². The van der Waals surface area contributed by atoms with Crippen LogP contribution in [0.3, 0.4) is 0 Å². The van der Waals surface area contributed by atoms with Crippen molar-refractivity contribution in [1.29, 1.82) is 0 Å². The summed E-state index contributed by atoms with van der Waals surface area (Å²) in [6, 6.07) is 20.4. The second-order valence-electron chi connectivity index (χ2n) is 7.02. The van der Waals surface area contributed by atoms with Crippen molar-refractivity contribution in [2.24, 2.45) is 0 Å². The fourth-order valence-electron chi connectivity index (χ4n) is 3.51. The molecule has 5 nitrogen and oxygen atoms in total. The molecule has 1 atom stereocenters. The Balaban J connectivity index is 1.62. The van der Waals surface area contributed by atoms with Crippen molar-refractivity contribution in [3.63, 3.8) is 0 Å². The van der Waals surface area contributed by atoms with Crippen LogP contribution in [-0.4, -0.2) is 43.9 Å². The number of thioether (sulfide) groups is 1. The van der Waals surface area contributed by atoms with Gasteiger partial charge in [-0.15, -0.1) is 10.2 Å². The average molecular weight is 393 g/mol. The van der Waals surface area contributed by atoms with Gasteiger partial charge in [-0.1, -0.05) is 60.3 Å². The molecule has 0 saturated carbocycles. The van der Waals surface area contributed by atoms with Gasteiger partial charge in [0.2, 0.25) is 5.91 Å². The first-order chi connectivity index (χ1) is 13.7. The zero-order chi connectivity index (χ0) is 19.3. The summed E-state index contributed by atoms with van der Waals surface area (Å²) in [6.07, 6.45) is 2.90. The van der Waals surface area contributed by atoms with Gasteiger partial charge in [0.25, 0.3) is 0 Å². The molecule has 2 heterocycles. The standard InChI is InChI=1S/C22H24N4OS/c1-17(21(27)25-14-8-9-15-25)28-22-24-23-20(16-18-10-4-2-5-11-18)26(22)19-12-6-3-7-13-19/h2-7,10-13,17H,8-9,14-16H2,1H3. The number of rotatable bonds is 6. The Hall–Kier alpha value is -2.60. The van der Waals surface area contributed by atoms with Crippen molar-refractivity contribution in [2.45, 2.75) is 36.6 Å². The SMILES string of the molecule is CC(Sc1nnc(Cc2ccccc2)n1-c1ccccc1)C(=O)N1CCCC1. The fraction of sp³-hybridized carbons (Fsp3) is 0.318. The Bertz CT molecular complexity index is 920. The monoisotopic (exact) mass is 392 g/mol. The lowest BCUT2D eigenvalue weighted by Gasteiger charge is -2.20. The molecule has 1 saturated heterocycles. The molecular formula is C22H24N4OS. The summed E-state index contributed by atoms with van der Waals surface area (Å²) in [7, 11) is 0. The minimum absolute atomic E-state index is 0.186. The Morgan fingerprint density at radius 2 is 1.64 bits per heavy atom. The van der Waals surface area contributed by atoms with Gasteiger partial charge in [0, 0.05) is 25.2 Å². The molecule has 4 rings (SSSR count). The van der Waals surface area contributed by atoms with Crippen LogP contribution in [0, 0.1) is 0 Å². The molecule has 0 bridgehead atoms. The zero-order valence-electron chi connectivity index (χ0n) is 16.0. The predicted molar refractivity (Wildman–Crippen MR) is 112 cm³/mol. The van der Waals surface area contributed by atoms with E-state index in [-0.39, 0.29) is 11.2 Å². The van der Waals surface area contributed by atoms with Crippen molar-refractivity contribution in [3.05, 3.63) is 72.1 Å². The summed E-state index contributed by atoms with van der Waals surface area (Å²) in [6.45, 7) is 3.70. The van der Waals surface area contributed by atoms with Gasteiger partial charge in [-0.2, -0.15) is 0 Å². The third-order valence-corrected chi connectivity index (χ3v) is 6.00. The number of benzene rings is 2. The summed E-state index contributed by atoms with van der Waals surface area (Å²) in [4.78, 5) is 14.7. The number of likely N-dealkylation sites (tertiary alicyclic amines) is 1. The van der Waals surface area contributed by atoms with E-state index in [1.54, 1.807) is 0 Å². The second kappa shape index (κ2) is 8.61. The molecule has 0 aliphatic carbocycles. The lowest BCUT2D eigenvalue weighted by molar-refractivity contribution is -0.129. The van der Waals surface area contributed by atoms with Crippen molar-refractivity contribution in [2.75, 3.05) is 13.1 Å². The smallest absolute Gasteiger partial charge is 0.235 e. The van der Waals surface area contributed by atoms with Crippen molar-refractivity contribution >= 4 is 17.7 Å². The van der Waals surface area contributed by atoms with Gasteiger partial charge in [-0.3, -0.25) is 9.36 Å². The number of carbonyl (C=O) groups excluding carboxylic acids is 1. The Morgan fingerprint density at radius 3 is 2.32 bits per heavy atom. The average Bonchev–Trinajstić information content (AvgIpc) is 3.39. The van der Waals surface area contributed by atoms with Crippen LogP contribution in [0.4, 0.5) is 0 Å². The van der Waals surface area contributed by atoms with Gasteiger partial charge in [0.15, 0.2) is 5.16 Å². The highest BCUT2D eigenvalue weighted by atomic mass is 32.2. The van der Waals surface area contributed by atoms with Crippen LogP contribution in [0.2, 0.25) is 0 Å². The lowest BCUT2D eigenvalue weighted by Crippen LogP contribution is -2.34. The molecule has 0 radical (unpaired) electrons. The molecule has 6 heteroatoms. The molecule has 1 aromatic heterocycles. The molecule has 1 fully saturated rings. The van der Waals surface area contributed by atoms with E-state index in [2.05, 4.69) is 39.0 Å². The number of hydrogen-bond acceptors (Lipinski definition) is 4. The molecule has 3 aromatic rings. The van der Waals surface area contributed by atoms with E-state index in [0.717, 1.165) is 42.6 Å². The highest BCUT2D eigenvalue weighted by Crippen LogP contribution is 2.28. The fourth-order valence-corrected chi connectivity index (χ4v) is 4.48. The third-order valence-electron chi connectivity index (χ3n) is 4.97. The molecule has 0 N–H and O–H groups in total. The van der Waals surface area contributed by atoms with E-state index in [1.807, 2.05) is 48.2 Å². The first kappa shape index (κ1) is 18.7. The topological polar surface area (TPSA) is 51.0 Å². The van der Waals surface area contributed by atoms with E-state index < -0.39 is 0 Å². The number of para-hydroxylation sites is 1. The van der Waals surface area contributed by atoms with Gasteiger partial charge >= 0.3 is 0 Å². The van der Waals surface area contributed by atoms with Crippen LogP contribution in [0.1, 0.15) is 31.2 Å². The van der Waals surface area contributed by atoms with E-state index in [1.165, 1.54) is 17.3 Å². The van der Waals surface area contributed by atoms with Gasteiger partial charge in [0.05, 0.1) is 5.25 Å². The molecule has 1 amide bonds. The summed E-state index contributed by atoms with van der Waals surface area (Å²) in [5, 5.41) is 9.48. The number of carbonyl (C=O) groups is 1. The van der Waals surface area contributed by atoms with Gasteiger partial charge in [-0.05, 0) is 37.5 Å². The van der Waals surface area contributed by atoms with E-state index >= 15 is 0 Å². The molecule has 0 spiro atoms.